The topological polar surface area (TPSA) is 149 Å². The van der Waals surface area contributed by atoms with Gasteiger partial charge < -0.3 is 40.3 Å². The highest BCUT2D eigenvalue weighted by Gasteiger charge is 2.44. The lowest BCUT2D eigenvalue weighted by Gasteiger charge is -2.40. The van der Waals surface area contributed by atoms with Crippen molar-refractivity contribution < 1.29 is 39.8 Å². The van der Waals surface area contributed by atoms with Gasteiger partial charge in [-0.15, -0.1) is 0 Å². The minimum atomic E-state index is -1.56. The van der Waals surface area contributed by atoms with E-state index in [1.807, 2.05) is 0 Å². The van der Waals surface area contributed by atoms with Gasteiger partial charge in [-0.2, -0.15) is 0 Å². The second-order valence-electron chi connectivity index (χ2n) is 22.5. The third-order valence-electron chi connectivity index (χ3n) is 15.3. The number of amides is 1. The number of aliphatic hydroxyl groups excluding tert-OH is 5. The van der Waals surface area contributed by atoms with E-state index in [4.69, 9.17) is 9.47 Å². The largest absolute Gasteiger partial charge is 0.394 e. The number of carbonyl (C=O) groups excluding carboxylic acids is 1. The molecule has 1 rings (SSSR count). The maximum atomic E-state index is 13.1. The number of carbonyl (C=O) groups is 1. The van der Waals surface area contributed by atoms with E-state index in [0.717, 1.165) is 77.0 Å². The number of hydrogen-bond donors (Lipinski definition) is 6. The van der Waals surface area contributed by atoms with Gasteiger partial charge in [0.05, 0.1) is 25.4 Å². The Bertz CT molecular complexity index is 1440. The number of unbranched alkanes of at least 4 members (excludes halogenated alkanes) is 34. The molecule has 6 N–H and O–H groups in total. The van der Waals surface area contributed by atoms with Crippen LogP contribution in [0.5, 0.6) is 0 Å². The number of ether oxygens (including phenoxy) is 2. The normalized spacial score (nSPS) is 19.2. The molecule has 0 radical (unpaired) electrons. The van der Waals surface area contributed by atoms with Gasteiger partial charge in [-0.1, -0.05) is 299 Å². The lowest BCUT2D eigenvalue weighted by atomic mass is 9.99. The monoisotopic (exact) mass is 1080 g/mol. The smallest absolute Gasteiger partial charge is 0.220 e. The van der Waals surface area contributed by atoms with Crippen molar-refractivity contribution in [1.82, 2.24) is 5.32 Å². The summed E-state index contributed by atoms with van der Waals surface area (Å²) in [5.74, 6) is -0.145. The lowest BCUT2D eigenvalue weighted by Crippen LogP contribution is -2.60. The number of rotatable bonds is 56. The van der Waals surface area contributed by atoms with Crippen molar-refractivity contribution in [2.24, 2.45) is 0 Å². The molecule has 0 bridgehead atoms. The van der Waals surface area contributed by atoms with Crippen LogP contribution < -0.4 is 5.32 Å². The van der Waals surface area contributed by atoms with Crippen molar-refractivity contribution in [3.63, 3.8) is 0 Å². The van der Waals surface area contributed by atoms with Crippen molar-refractivity contribution in [2.45, 2.75) is 339 Å². The van der Waals surface area contributed by atoms with Crippen molar-refractivity contribution in [3.8, 4) is 0 Å². The average molecular weight is 1080 g/mol. The van der Waals surface area contributed by atoms with Crippen LogP contribution in [0.3, 0.4) is 0 Å². The predicted octanol–water partition coefficient (Wildman–Crippen LogP) is 17.2. The molecule has 1 aliphatic rings. The molecule has 9 nitrogen and oxygen atoms in total. The summed E-state index contributed by atoms with van der Waals surface area (Å²) in [5.41, 5.74) is 0. The Morgan fingerprint density at radius 1 is 0.455 bits per heavy atom. The second-order valence-corrected chi connectivity index (χ2v) is 22.5. The summed E-state index contributed by atoms with van der Waals surface area (Å²) in [4.78, 5) is 13.1. The Hall–Kier alpha value is -2.37. The average Bonchev–Trinajstić information content (AvgIpc) is 3.43. The van der Waals surface area contributed by atoms with E-state index in [1.165, 1.54) is 193 Å². The fourth-order valence-corrected chi connectivity index (χ4v) is 10.2. The van der Waals surface area contributed by atoms with Crippen LogP contribution in [0.1, 0.15) is 296 Å². The molecule has 1 aliphatic heterocycles. The highest BCUT2D eigenvalue weighted by Crippen LogP contribution is 2.23. The minimum Gasteiger partial charge on any atom is -0.394 e. The van der Waals surface area contributed by atoms with Gasteiger partial charge in [0.25, 0.3) is 0 Å². The molecule has 1 amide bonds. The molecule has 7 atom stereocenters. The van der Waals surface area contributed by atoms with Crippen LogP contribution in [0.4, 0.5) is 0 Å². The first-order valence-electron chi connectivity index (χ1n) is 32.6. The highest BCUT2D eigenvalue weighted by atomic mass is 16.7. The van der Waals surface area contributed by atoms with Crippen LogP contribution in [-0.4, -0.2) is 87.5 Å². The van der Waals surface area contributed by atoms with Gasteiger partial charge in [0.1, 0.15) is 24.4 Å². The van der Waals surface area contributed by atoms with E-state index in [-0.39, 0.29) is 12.5 Å². The molecule has 1 heterocycles. The van der Waals surface area contributed by atoms with Gasteiger partial charge in [-0.25, -0.2) is 0 Å². The Labute approximate surface area is 474 Å². The van der Waals surface area contributed by atoms with Crippen LogP contribution in [0.2, 0.25) is 0 Å². The molecular weight excluding hydrogens is 959 g/mol. The molecule has 448 valence electrons. The molecule has 0 aromatic rings. The number of aliphatic hydroxyl groups is 5. The Morgan fingerprint density at radius 3 is 1.19 bits per heavy atom. The van der Waals surface area contributed by atoms with Crippen molar-refractivity contribution >= 4 is 5.91 Å². The van der Waals surface area contributed by atoms with Gasteiger partial charge in [-0.3, -0.25) is 4.79 Å². The quantitative estimate of drug-likeness (QED) is 0.0261. The predicted molar refractivity (Wildman–Crippen MR) is 327 cm³/mol. The maximum Gasteiger partial charge on any atom is 0.220 e. The number of allylic oxidation sites excluding steroid dienone is 12. The summed E-state index contributed by atoms with van der Waals surface area (Å²) in [6.07, 6.45) is 72.3. The number of nitrogens with one attached hydrogen (secondary N) is 1. The first-order chi connectivity index (χ1) is 37.8. The Kier molecular flexibility index (Phi) is 53.7. The molecule has 0 saturated carbocycles. The van der Waals surface area contributed by atoms with Crippen LogP contribution in [0, 0.1) is 0 Å². The molecule has 0 spiro atoms. The third kappa shape index (κ3) is 46.0. The van der Waals surface area contributed by atoms with Gasteiger partial charge in [0.15, 0.2) is 6.29 Å². The summed E-state index contributed by atoms with van der Waals surface area (Å²) >= 11 is 0. The van der Waals surface area contributed by atoms with Crippen LogP contribution in [0.25, 0.3) is 0 Å². The zero-order valence-corrected chi connectivity index (χ0v) is 50.0. The molecule has 0 aliphatic carbocycles. The third-order valence-corrected chi connectivity index (χ3v) is 15.3. The molecular formula is C68H123NO8. The van der Waals surface area contributed by atoms with E-state index < -0.39 is 49.5 Å². The summed E-state index contributed by atoms with van der Waals surface area (Å²) in [6, 6.07) is -0.725. The zero-order chi connectivity index (χ0) is 55.8. The molecule has 1 saturated heterocycles. The van der Waals surface area contributed by atoms with E-state index >= 15 is 0 Å². The van der Waals surface area contributed by atoms with Gasteiger partial charge in [0.2, 0.25) is 5.91 Å². The van der Waals surface area contributed by atoms with E-state index in [2.05, 4.69) is 92.1 Å². The molecule has 9 heteroatoms. The maximum absolute atomic E-state index is 13.1. The van der Waals surface area contributed by atoms with Crippen LogP contribution in [-0.2, 0) is 14.3 Å². The van der Waals surface area contributed by atoms with Crippen LogP contribution >= 0.6 is 0 Å². The fraction of sp³-hybridized carbons (Fsp3) is 0.809. The molecule has 1 fully saturated rings. The minimum absolute atomic E-state index is 0.140. The molecule has 0 aromatic carbocycles. The fourth-order valence-electron chi connectivity index (χ4n) is 10.2. The molecule has 7 unspecified atom stereocenters. The van der Waals surface area contributed by atoms with Gasteiger partial charge in [-0.05, 0) is 64.2 Å². The summed E-state index contributed by atoms with van der Waals surface area (Å²) in [6.45, 7) is 3.75. The lowest BCUT2D eigenvalue weighted by molar-refractivity contribution is -0.302. The zero-order valence-electron chi connectivity index (χ0n) is 50.0. The van der Waals surface area contributed by atoms with Gasteiger partial charge in [0, 0.05) is 6.42 Å². The first-order valence-corrected chi connectivity index (χ1v) is 32.6. The van der Waals surface area contributed by atoms with E-state index in [0.29, 0.717) is 12.8 Å². The SMILES string of the molecule is CC/C=C\C/C=C\C/C=C\C/C=C\C/C=C\C/C=C\CCCCCCCCCCCCCCC(=O)NC(COC1OC(CO)C(O)C(O)C1O)C(O)CCCCCCCCCCCCCCCCCCCCCCCCC. The summed E-state index contributed by atoms with van der Waals surface area (Å²) < 4.78 is 11.4. The van der Waals surface area contributed by atoms with Crippen molar-refractivity contribution in [2.75, 3.05) is 13.2 Å². The summed E-state index contributed by atoms with van der Waals surface area (Å²) in [5, 5.41) is 54.9. The van der Waals surface area contributed by atoms with Crippen LogP contribution in [0.15, 0.2) is 72.9 Å². The Morgan fingerprint density at radius 2 is 0.805 bits per heavy atom. The van der Waals surface area contributed by atoms with Gasteiger partial charge >= 0.3 is 0 Å². The second kappa shape index (κ2) is 56.9. The number of hydrogen-bond acceptors (Lipinski definition) is 8. The molecule has 77 heavy (non-hydrogen) atoms. The highest BCUT2D eigenvalue weighted by molar-refractivity contribution is 5.76. The van der Waals surface area contributed by atoms with Crippen molar-refractivity contribution in [3.05, 3.63) is 72.9 Å². The standard InChI is InChI=1S/C68H123NO8/c1-3-5-7-9-11-13-15-17-19-21-23-25-27-28-29-30-31-32-33-34-36-38-40-42-44-46-48-50-52-54-56-58-64(72)69-61(60-76-68-67(75)66(74)65(73)63(59-70)77-68)62(71)57-55-53-51-49-47-45-43-41-39-37-35-26-24-22-20-18-16-14-12-10-8-6-4-2/h5,7,11,13,17,19,23,25,28-29,31-32,61-63,65-68,70-71,73-75H,3-4,6,8-10,12,14-16,18,20-22,24,26-27,30,33-60H2,1-2H3,(H,69,72)/b7-5-,13-11-,19-17-,25-23-,29-28-,32-31-. The molecule has 0 aromatic heterocycles. The Balaban J connectivity index is 2.15. The van der Waals surface area contributed by atoms with E-state index in [9.17, 15) is 30.3 Å². The summed E-state index contributed by atoms with van der Waals surface area (Å²) in [7, 11) is 0. The van der Waals surface area contributed by atoms with Crippen molar-refractivity contribution in [1.29, 1.82) is 0 Å². The van der Waals surface area contributed by atoms with E-state index in [1.54, 1.807) is 0 Å². The first kappa shape index (κ1) is 72.6.